The summed E-state index contributed by atoms with van der Waals surface area (Å²) in [7, 11) is 4.76. The highest BCUT2D eigenvalue weighted by Crippen LogP contribution is 2.32. The van der Waals surface area contributed by atoms with Crippen LogP contribution in [-0.2, 0) is 14.9 Å². The predicted octanol–water partition coefficient (Wildman–Crippen LogP) is 1.46. The number of hydrogen-bond donors (Lipinski definition) is 2. The molecule has 1 rings (SSSR count). The van der Waals surface area contributed by atoms with Crippen LogP contribution in [0.3, 0.4) is 0 Å². The normalized spacial score (nSPS) is 12.6. The zero-order chi connectivity index (χ0) is 17.5. The summed E-state index contributed by atoms with van der Waals surface area (Å²) >= 11 is 0. The summed E-state index contributed by atoms with van der Waals surface area (Å²) in [6, 6.07) is 5.78. The van der Waals surface area contributed by atoms with E-state index in [1.54, 1.807) is 21.3 Å². The van der Waals surface area contributed by atoms with Crippen LogP contribution in [0, 0.1) is 0 Å². The van der Waals surface area contributed by atoms with Crippen molar-refractivity contribution in [2.45, 2.75) is 31.8 Å². The molecule has 0 aromatic heterocycles. The van der Waals surface area contributed by atoms with Gasteiger partial charge in [0.1, 0.15) is 0 Å². The Morgan fingerprint density at radius 3 is 2.39 bits per heavy atom. The molecule has 0 bridgehead atoms. The number of rotatable bonds is 9. The van der Waals surface area contributed by atoms with Gasteiger partial charge in [-0.1, -0.05) is 19.9 Å². The van der Waals surface area contributed by atoms with Gasteiger partial charge in [0.25, 0.3) is 0 Å². The molecule has 1 aromatic rings. The molecule has 1 amide bonds. The fourth-order valence-corrected chi connectivity index (χ4v) is 2.22. The average molecular weight is 324 g/mol. The molecule has 1 unspecified atom stereocenters. The van der Waals surface area contributed by atoms with E-state index in [9.17, 15) is 4.79 Å². The van der Waals surface area contributed by atoms with Crippen LogP contribution in [0.2, 0.25) is 0 Å². The lowest BCUT2D eigenvalue weighted by Crippen LogP contribution is -2.39. The largest absolute Gasteiger partial charge is 0.493 e. The van der Waals surface area contributed by atoms with Crippen molar-refractivity contribution in [3.8, 4) is 11.5 Å². The molecule has 23 heavy (non-hydrogen) atoms. The molecule has 0 spiro atoms. The summed E-state index contributed by atoms with van der Waals surface area (Å²) in [5.74, 6) is 1.28. The number of nitrogens with one attached hydrogen (secondary N) is 1. The number of ether oxygens (including phenoxy) is 3. The van der Waals surface area contributed by atoms with Gasteiger partial charge in [-0.15, -0.1) is 0 Å². The standard InChI is InChI=1S/C17H28N2O4/c1-17(2,11-19-16(20)9-13(10-18)21-3)12-6-7-14(22-4)15(8-12)23-5/h6-8,13H,9-11,18H2,1-5H3,(H,19,20). The summed E-state index contributed by atoms with van der Waals surface area (Å²) < 4.78 is 15.7. The topological polar surface area (TPSA) is 82.8 Å². The zero-order valence-electron chi connectivity index (χ0n) is 14.6. The highest BCUT2D eigenvalue weighted by atomic mass is 16.5. The van der Waals surface area contributed by atoms with Gasteiger partial charge in [-0.05, 0) is 17.7 Å². The highest BCUT2D eigenvalue weighted by Gasteiger charge is 2.23. The molecule has 0 aliphatic heterocycles. The Hall–Kier alpha value is -1.79. The smallest absolute Gasteiger partial charge is 0.222 e. The van der Waals surface area contributed by atoms with Crippen LogP contribution in [0.4, 0.5) is 0 Å². The lowest BCUT2D eigenvalue weighted by molar-refractivity contribution is -0.123. The van der Waals surface area contributed by atoms with Gasteiger partial charge in [0, 0.05) is 25.6 Å². The summed E-state index contributed by atoms with van der Waals surface area (Å²) in [5.41, 5.74) is 6.34. The monoisotopic (exact) mass is 324 g/mol. The summed E-state index contributed by atoms with van der Waals surface area (Å²) in [6.45, 7) is 4.95. The van der Waals surface area contributed by atoms with Crippen LogP contribution < -0.4 is 20.5 Å². The van der Waals surface area contributed by atoms with Crippen molar-refractivity contribution in [3.63, 3.8) is 0 Å². The molecule has 130 valence electrons. The zero-order valence-corrected chi connectivity index (χ0v) is 14.6. The first-order valence-electron chi connectivity index (χ1n) is 7.60. The minimum Gasteiger partial charge on any atom is -0.493 e. The van der Waals surface area contributed by atoms with Gasteiger partial charge in [0.15, 0.2) is 11.5 Å². The predicted molar refractivity (Wildman–Crippen MR) is 90.1 cm³/mol. The molecular formula is C17H28N2O4. The van der Waals surface area contributed by atoms with Gasteiger partial charge in [-0.3, -0.25) is 4.79 Å². The minimum atomic E-state index is -0.251. The van der Waals surface area contributed by atoms with Crippen molar-refractivity contribution >= 4 is 5.91 Å². The van der Waals surface area contributed by atoms with Crippen molar-refractivity contribution < 1.29 is 19.0 Å². The molecular weight excluding hydrogens is 296 g/mol. The van der Waals surface area contributed by atoms with E-state index < -0.39 is 0 Å². The van der Waals surface area contributed by atoms with E-state index in [2.05, 4.69) is 19.2 Å². The Labute approximate surface area is 138 Å². The number of carbonyl (C=O) groups excluding carboxylic acids is 1. The van der Waals surface area contributed by atoms with Crippen molar-refractivity contribution in [2.75, 3.05) is 34.4 Å². The van der Waals surface area contributed by atoms with Crippen molar-refractivity contribution in [1.82, 2.24) is 5.32 Å². The first-order chi connectivity index (χ1) is 10.9. The van der Waals surface area contributed by atoms with Crippen LogP contribution in [0.5, 0.6) is 11.5 Å². The van der Waals surface area contributed by atoms with Crippen molar-refractivity contribution in [2.24, 2.45) is 5.73 Å². The van der Waals surface area contributed by atoms with Gasteiger partial charge in [0.05, 0.1) is 26.7 Å². The van der Waals surface area contributed by atoms with E-state index in [1.807, 2.05) is 18.2 Å². The van der Waals surface area contributed by atoms with E-state index in [1.165, 1.54) is 0 Å². The minimum absolute atomic E-state index is 0.0733. The molecule has 0 saturated carbocycles. The van der Waals surface area contributed by atoms with Gasteiger partial charge in [0.2, 0.25) is 5.91 Å². The molecule has 0 radical (unpaired) electrons. The molecule has 0 saturated heterocycles. The highest BCUT2D eigenvalue weighted by molar-refractivity contribution is 5.76. The fraction of sp³-hybridized carbons (Fsp3) is 0.588. The lowest BCUT2D eigenvalue weighted by Gasteiger charge is -2.27. The Bertz CT molecular complexity index is 513. The maximum atomic E-state index is 12.0. The Morgan fingerprint density at radius 1 is 1.22 bits per heavy atom. The number of methoxy groups -OCH3 is 3. The van der Waals surface area contributed by atoms with E-state index in [0.717, 1.165) is 5.56 Å². The number of benzene rings is 1. The third-order valence-corrected chi connectivity index (χ3v) is 3.90. The Balaban J connectivity index is 2.73. The summed E-state index contributed by atoms with van der Waals surface area (Å²) in [5, 5.41) is 2.94. The van der Waals surface area contributed by atoms with E-state index >= 15 is 0 Å². The fourth-order valence-electron chi connectivity index (χ4n) is 2.22. The summed E-state index contributed by atoms with van der Waals surface area (Å²) in [6.07, 6.45) is 0.00819. The maximum absolute atomic E-state index is 12.0. The van der Waals surface area contributed by atoms with Gasteiger partial charge >= 0.3 is 0 Å². The van der Waals surface area contributed by atoms with Gasteiger partial charge in [-0.25, -0.2) is 0 Å². The number of hydrogen-bond acceptors (Lipinski definition) is 5. The molecule has 0 fully saturated rings. The second-order valence-electron chi connectivity index (χ2n) is 6.03. The lowest BCUT2D eigenvalue weighted by atomic mass is 9.84. The second kappa shape index (κ2) is 8.74. The molecule has 3 N–H and O–H groups in total. The van der Waals surface area contributed by atoms with Crippen LogP contribution in [0.1, 0.15) is 25.8 Å². The SMILES string of the molecule is COc1ccc(C(C)(C)CNC(=O)CC(CN)OC)cc1OC. The number of amides is 1. The van der Waals surface area contributed by atoms with Crippen molar-refractivity contribution in [1.29, 1.82) is 0 Å². The molecule has 6 nitrogen and oxygen atoms in total. The molecule has 1 atom stereocenters. The Kier molecular flexibility index (Phi) is 7.32. The molecule has 0 aliphatic carbocycles. The Morgan fingerprint density at radius 2 is 1.87 bits per heavy atom. The quantitative estimate of drug-likeness (QED) is 0.718. The van der Waals surface area contributed by atoms with E-state index in [0.29, 0.717) is 24.6 Å². The van der Waals surface area contributed by atoms with Crippen LogP contribution in [0.15, 0.2) is 18.2 Å². The van der Waals surface area contributed by atoms with Crippen molar-refractivity contribution in [3.05, 3.63) is 23.8 Å². The van der Waals surface area contributed by atoms with Crippen LogP contribution in [-0.4, -0.2) is 46.4 Å². The first kappa shape index (κ1) is 19.3. The molecule has 1 aromatic carbocycles. The number of carbonyl (C=O) groups is 1. The van der Waals surface area contributed by atoms with Crippen LogP contribution >= 0.6 is 0 Å². The second-order valence-corrected chi connectivity index (χ2v) is 6.03. The molecule has 0 aliphatic rings. The third-order valence-electron chi connectivity index (χ3n) is 3.90. The van der Waals surface area contributed by atoms with E-state index in [4.69, 9.17) is 19.9 Å². The number of nitrogens with two attached hydrogens (primary N) is 1. The third kappa shape index (κ3) is 5.41. The van der Waals surface area contributed by atoms with Gasteiger partial charge < -0.3 is 25.3 Å². The van der Waals surface area contributed by atoms with Crippen LogP contribution in [0.25, 0.3) is 0 Å². The molecule has 0 heterocycles. The summed E-state index contributed by atoms with van der Waals surface area (Å²) in [4.78, 5) is 12.0. The van der Waals surface area contributed by atoms with E-state index in [-0.39, 0.29) is 23.8 Å². The van der Waals surface area contributed by atoms with Gasteiger partial charge in [-0.2, -0.15) is 0 Å². The molecule has 6 heteroatoms. The average Bonchev–Trinajstić information content (AvgIpc) is 2.57. The maximum Gasteiger partial charge on any atom is 0.222 e. The first-order valence-corrected chi connectivity index (χ1v) is 7.60.